The summed E-state index contributed by atoms with van der Waals surface area (Å²) in [6, 6.07) is 6.50. The van der Waals surface area contributed by atoms with Crippen LogP contribution >= 0.6 is 0 Å². The molecule has 1 saturated carbocycles. The fourth-order valence-corrected chi connectivity index (χ4v) is 2.99. The van der Waals surface area contributed by atoms with Crippen molar-refractivity contribution in [3.05, 3.63) is 34.9 Å². The van der Waals surface area contributed by atoms with E-state index in [1.165, 1.54) is 24.8 Å². The lowest BCUT2D eigenvalue weighted by Gasteiger charge is -2.15. The lowest BCUT2D eigenvalue weighted by Crippen LogP contribution is -1.98. The van der Waals surface area contributed by atoms with Gasteiger partial charge in [-0.2, -0.15) is 0 Å². The van der Waals surface area contributed by atoms with E-state index in [1.807, 2.05) is 0 Å². The van der Waals surface area contributed by atoms with Crippen LogP contribution in [0.25, 0.3) is 0 Å². The van der Waals surface area contributed by atoms with E-state index in [-0.39, 0.29) is 6.61 Å². The van der Waals surface area contributed by atoms with Crippen LogP contribution in [0.2, 0.25) is 0 Å². The summed E-state index contributed by atoms with van der Waals surface area (Å²) in [6.45, 7) is 0.185. The van der Waals surface area contributed by atoms with Crippen molar-refractivity contribution in [2.24, 2.45) is 0 Å². The zero-order valence-electron chi connectivity index (χ0n) is 7.66. The van der Waals surface area contributed by atoms with Crippen LogP contribution in [0.5, 0.6) is 0 Å². The van der Waals surface area contributed by atoms with E-state index in [0.717, 1.165) is 17.4 Å². The predicted octanol–water partition coefficient (Wildman–Crippen LogP) is 2.54. The molecule has 0 amide bonds. The van der Waals surface area contributed by atoms with Gasteiger partial charge in [0.05, 0.1) is 6.61 Å². The minimum Gasteiger partial charge on any atom is -0.392 e. The third kappa shape index (κ3) is 0.969. The fourth-order valence-electron chi connectivity index (χ4n) is 2.99. The predicted molar refractivity (Wildman–Crippen MR) is 51.7 cm³/mol. The van der Waals surface area contributed by atoms with Crippen LogP contribution in [0.3, 0.4) is 0 Å². The van der Waals surface area contributed by atoms with Gasteiger partial charge in [0.25, 0.3) is 0 Å². The van der Waals surface area contributed by atoms with Gasteiger partial charge in [-0.15, -0.1) is 0 Å². The number of aliphatic hydroxyl groups is 1. The third-order valence-electron chi connectivity index (χ3n) is 3.65. The maximum atomic E-state index is 9.04. The Labute approximate surface area is 78.4 Å². The van der Waals surface area contributed by atoms with Gasteiger partial charge in [-0.25, -0.2) is 0 Å². The van der Waals surface area contributed by atoms with E-state index >= 15 is 0 Å². The third-order valence-corrected chi connectivity index (χ3v) is 3.65. The molecule has 3 rings (SSSR count). The number of hydrogen-bond acceptors (Lipinski definition) is 1. The second-order valence-electron chi connectivity index (χ2n) is 4.33. The Balaban J connectivity index is 2.11. The molecular formula is C12H14O. The van der Waals surface area contributed by atoms with Gasteiger partial charge >= 0.3 is 0 Å². The average Bonchev–Trinajstić information content (AvgIpc) is 2.77. The van der Waals surface area contributed by atoms with Gasteiger partial charge in [-0.1, -0.05) is 18.2 Å². The standard InChI is InChI=1S/C12H14O/c13-7-8-1-4-11-9-2-3-10(6-9)12(11)5-8/h1,4-5,9-10,13H,2-3,6-7H2. The van der Waals surface area contributed by atoms with Crippen LogP contribution < -0.4 is 0 Å². The second-order valence-corrected chi connectivity index (χ2v) is 4.33. The highest BCUT2D eigenvalue weighted by Gasteiger charge is 2.36. The van der Waals surface area contributed by atoms with Crippen molar-refractivity contribution in [1.29, 1.82) is 0 Å². The molecule has 1 aromatic carbocycles. The number of fused-ring (bicyclic) bond motifs is 5. The van der Waals surface area contributed by atoms with E-state index in [9.17, 15) is 0 Å². The summed E-state index contributed by atoms with van der Waals surface area (Å²) in [4.78, 5) is 0. The molecule has 13 heavy (non-hydrogen) atoms. The quantitative estimate of drug-likeness (QED) is 0.693. The summed E-state index contributed by atoms with van der Waals surface area (Å²) in [5.74, 6) is 1.65. The van der Waals surface area contributed by atoms with Crippen molar-refractivity contribution in [3.63, 3.8) is 0 Å². The highest BCUT2D eigenvalue weighted by molar-refractivity contribution is 5.43. The fraction of sp³-hybridized carbons (Fsp3) is 0.500. The van der Waals surface area contributed by atoms with Gasteiger partial charge in [-0.3, -0.25) is 0 Å². The molecule has 2 atom stereocenters. The number of rotatable bonds is 1. The van der Waals surface area contributed by atoms with E-state index in [4.69, 9.17) is 5.11 Å². The number of aliphatic hydroxyl groups excluding tert-OH is 1. The van der Waals surface area contributed by atoms with Crippen LogP contribution in [0, 0.1) is 0 Å². The summed E-state index contributed by atoms with van der Waals surface area (Å²) < 4.78 is 0. The Bertz CT molecular complexity index is 343. The van der Waals surface area contributed by atoms with E-state index in [1.54, 1.807) is 5.56 Å². The highest BCUT2D eigenvalue weighted by Crippen LogP contribution is 2.52. The van der Waals surface area contributed by atoms with Crippen LogP contribution in [0.1, 0.15) is 47.8 Å². The molecule has 2 aliphatic rings. The molecule has 1 aromatic rings. The van der Waals surface area contributed by atoms with E-state index < -0.39 is 0 Å². The Morgan fingerprint density at radius 1 is 1.15 bits per heavy atom. The number of benzene rings is 1. The number of hydrogen-bond donors (Lipinski definition) is 1. The summed E-state index contributed by atoms with van der Waals surface area (Å²) in [5.41, 5.74) is 4.17. The first-order valence-corrected chi connectivity index (χ1v) is 5.12. The van der Waals surface area contributed by atoms with Crippen molar-refractivity contribution < 1.29 is 5.11 Å². The molecule has 0 radical (unpaired) electrons. The molecule has 0 aromatic heterocycles. The first-order chi connectivity index (χ1) is 6.38. The zero-order valence-corrected chi connectivity index (χ0v) is 7.66. The smallest absolute Gasteiger partial charge is 0.0681 e. The van der Waals surface area contributed by atoms with Gasteiger partial charge in [0, 0.05) is 0 Å². The maximum absolute atomic E-state index is 9.04. The molecule has 2 aliphatic carbocycles. The van der Waals surface area contributed by atoms with Crippen molar-refractivity contribution in [2.45, 2.75) is 37.7 Å². The van der Waals surface area contributed by atoms with E-state index in [2.05, 4.69) is 18.2 Å². The highest BCUT2D eigenvalue weighted by atomic mass is 16.3. The minimum absolute atomic E-state index is 0.185. The van der Waals surface area contributed by atoms with Crippen molar-refractivity contribution in [1.82, 2.24) is 0 Å². The molecule has 2 unspecified atom stereocenters. The molecule has 1 N–H and O–H groups in total. The second kappa shape index (κ2) is 2.58. The zero-order chi connectivity index (χ0) is 8.84. The summed E-state index contributed by atoms with van der Waals surface area (Å²) in [5, 5.41) is 9.04. The SMILES string of the molecule is OCc1ccc2c(c1)C1CCC2C1. The summed E-state index contributed by atoms with van der Waals surface area (Å²) in [6.07, 6.45) is 4.12. The molecule has 0 heterocycles. The van der Waals surface area contributed by atoms with Gasteiger partial charge in [0.1, 0.15) is 0 Å². The first kappa shape index (κ1) is 7.57. The average molecular weight is 174 g/mol. The van der Waals surface area contributed by atoms with Crippen molar-refractivity contribution >= 4 is 0 Å². The molecule has 1 fully saturated rings. The lowest BCUT2D eigenvalue weighted by atomic mass is 9.90. The molecule has 0 spiro atoms. The van der Waals surface area contributed by atoms with Crippen molar-refractivity contribution in [2.75, 3.05) is 0 Å². The van der Waals surface area contributed by atoms with Gasteiger partial charge in [-0.05, 0) is 47.8 Å². The Morgan fingerprint density at radius 2 is 1.92 bits per heavy atom. The Hall–Kier alpha value is -0.820. The van der Waals surface area contributed by atoms with Gasteiger partial charge in [0.15, 0.2) is 0 Å². The lowest BCUT2D eigenvalue weighted by molar-refractivity contribution is 0.281. The van der Waals surface area contributed by atoms with Gasteiger partial charge in [0.2, 0.25) is 0 Å². The first-order valence-electron chi connectivity index (χ1n) is 5.12. The molecule has 0 aliphatic heterocycles. The van der Waals surface area contributed by atoms with Crippen LogP contribution in [0.15, 0.2) is 18.2 Å². The van der Waals surface area contributed by atoms with Crippen molar-refractivity contribution in [3.8, 4) is 0 Å². The minimum atomic E-state index is 0.185. The largest absolute Gasteiger partial charge is 0.392 e. The summed E-state index contributed by atoms with van der Waals surface area (Å²) >= 11 is 0. The molecule has 1 nitrogen and oxygen atoms in total. The molecule has 1 heteroatoms. The van der Waals surface area contributed by atoms with E-state index in [0.29, 0.717) is 0 Å². The topological polar surface area (TPSA) is 20.2 Å². The monoisotopic (exact) mass is 174 g/mol. The molecule has 2 bridgehead atoms. The molecule has 0 saturated heterocycles. The van der Waals surface area contributed by atoms with Crippen LogP contribution in [-0.4, -0.2) is 5.11 Å². The van der Waals surface area contributed by atoms with Crippen LogP contribution in [0.4, 0.5) is 0 Å². The maximum Gasteiger partial charge on any atom is 0.0681 e. The van der Waals surface area contributed by atoms with Gasteiger partial charge < -0.3 is 5.11 Å². The normalized spacial score (nSPS) is 29.3. The van der Waals surface area contributed by atoms with Crippen LogP contribution in [-0.2, 0) is 6.61 Å². The Morgan fingerprint density at radius 3 is 2.69 bits per heavy atom. The Kier molecular flexibility index (Phi) is 1.50. The molecule has 68 valence electrons. The molecular weight excluding hydrogens is 160 g/mol. The summed E-state index contributed by atoms with van der Waals surface area (Å²) in [7, 11) is 0.